The molecule has 0 radical (unpaired) electrons. The summed E-state index contributed by atoms with van der Waals surface area (Å²) in [6.07, 6.45) is 0.657. The van der Waals surface area contributed by atoms with Crippen molar-refractivity contribution >= 4 is 22.5 Å². The van der Waals surface area contributed by atoms with Crippen molar-refractivity contribution in [3.05, 3.63) is 30.0 Å². The second kappa shape index (κ2) is 5.66. The largest absolute Gasteiger partial charge is 0.431 e. The number of rotatable bonds is 2. The number of fused-ring (bicyclic) bond motifs is 1. The van der Waals surface area contributed by atoms with E-state index in [0.29, 0.717) is 16.6 Å². The van der Waals surface area contributed by atoms with Gasteiger partial charge in [-0.05, 0) is 37.1 Å². The first-order valence-electron chi connectivity index (χ1n) is 7.44. The molecule has 6 heteroatoms. The molecule has 0 saturated heterocycles. The highest BCUT2D eigenvalue weighted by Crippen LogP contribution is 2.32. The van der Waals surface area contributed by atoms with Crippen molar-refractivity contribution in [1.29, 1.82) is 0 Å². The lowest BCUT2D eigenvalue weighted by Gasteiger charge is -2.20. The Morgan fingerprint density at radius 3 is 2.55 bits per heavy atom. The van der Waals surface area contributed by atoms with Crippen molar-refractivity contribution in [2.45, 2.75) is 38.3 Å². The molecule has 3 nitrogen and oxygen atoms in total. The molecule has 3 rings (SSSR count). The summed E-state index contributed by atoms with van der Waals surface area (Å²) in [7, 11) is 0. The highest BCUT2D eigenvalue weighted by molar-refractivity contribution is 5.95. The van der Waals surface area contributed by atoms with Gasteiger partial charge >= 0.3 is 6.18 Å². The van der Waals surface area contributed by atoms with Gasteiger partial charge in [0.2, 0.25) is 5.91 Å². The first-order valence-corrected chi connectivity index (χ1v) is 7.44. The molecule has 2 aromatic rings. The molecule has 0 unspecified atom stereocenters. The maximum absolute atomic E-state index is 12.7. The number of halogens is 3. The summed E-state index contributed by atoms with van der Waals surface area (Å²) in [4.78, 5) is 14.5. The molecular formula is C16H17F3N2O. The molecule has 1 aliphatic rings. The predicted octanol–water partition coefficient (Wildman–Crippen LogP) is 4.71. The lowest BCUT2D eigenvalue weighted by molar-refractivity contribution is -0.140. The number of nitrogens with one attached hydrogen (secondary N) is 2. The van der Waals surface area contributed by atoms with Gasteiger partial charge in [-0.3, -0.25) is 4.79 Å². The quantitative estimate of drug-likeness (QED) is 0.829. The van der Waals surface area contributed by atoms with Crippen LogP contribution < -0.4 is 5.32 Å². The van der Waals surface area contributed by atoms with E-state index in [9.17, 15) is 18.0 Å². The van der Waals surface area contributed by atoms with Gasteiger partial charge in [-0.25, -0.2) is 0 Å². The molecule has 1 amide bonds. The van der Waals surface area contributed by atoms with Crippen LogP contribution in [0.2, 0.25) is 0 Å². The summed E-state index contributed by atoms with van der Waals surface area (Å²) in [6, 6.07) is 5.81. The van der Waals surface area contributed by atoms with Gasteiger partial charge in [0.15, 0.2) is 0 Å². The molecule has 1 fully saturated rings. The third kappa shape index (κ3) is 3.10. The number of aromatic amines is 1. The molecule has 1 heterocycles. The highest BCUT2D eigenvalue weighted by atomic mass is 19.4. The number of hydrogen-bond acceptors (Lipinski definition) is 1. The summed E-state index contributed by atoms with van der Waals surface area (Å²) in [5.41, 5.74) is 0.164. The summed E-state index contributed by atoms with van der Waals surface area (Å²) in [5, 5.41) is 3.26. The number of aromatic nitrogens is 1. The molecule has 1 saturated carbocycles. The topological polar surface area (TPSA) is 44.9 Å². The van der Waals surface area contributed by atoms with Gasteiger partial charge in [-0.2, -0.15) is 13.2 Å². The van der Waals surface area contributed by atoms with Crippen LogP contribution in [-0.2, 0) is 11.0 Å². The SMILES string of the molecule is O=C(Nc1ccc2[nH]c(C(F)(F)F)cc2c1)C1CCCCC1. The first-order chi connectivity index (χ1) is 10.4. The number of anilines is 1. The Hall–Kier alpha value is -1.98. The maximum Gasteiger partial charge on any atom is 0.431 e. The van der Waals surface area contributed by atoms with E-state index in [1.807, 2.05) is 0 Å². The van der Waals surface area contributed by atoms with Gasteiger partial charge in [0.05, 0.1) is 0 Å². The van der Waals surface area contributed by atoms with Gasteiger partial charge in [0.1, 0.15) is 5.69 Å². The molecule has 1 aliphatic carbocycles. The van der Waals surface area contributed by atoms with Crippen LogP contribution in [-0.4, -0.2) is 10.9 Å². The fraction of sp³-hybridized carbons (Fsp3) is 0.438. The van der Waals surface area contributed by atoms with Crippen LogP contribution in [0.15, 0.2) is 24.3 Å². The molecular weight excluding hydrogens is 293 g/mol. The van der Waals surface area contributed by atoms with Crippen molar-refractivity contribution in [3.8, 4) is 0 Å². The average molecular weight is 310 g/mol. The van der Waals surface area contributed by atoms with Gasteiger partial charge < -0.3 is 10.3 Å². The van der Waals surface area contributed by atoms with Crippen LogP contribution in [0.4, 0.5) is 18.9 Å². The normalized spacial score (nSPS) is 16.9. The molecule has 0 aliphatic heterocycles. The minimum Gasteiger partial charge on any atom is -0.351 e. The average Bonchev–Trinajstić information content (AvgIpc) is 2.91. The van der Waals surface area contributed by atoms with Gasteiger partial charge in [-0.1, -0.05) is 19.3 Å². The van der Waals surface area contributed by atoms with E-state index in [2.05, 4.69) is 10.3 Å². The van der Waals surface area contributed by atoms with Crippen molar-refractivity contribution in [3.63, 3.8) is 0 Å². The fourth-order valence-corrected chi connectivity index (χ4v) is 2.97. The highest BCUT2D eigenvalue weighted by Gasteiger charge is 2.32. The molecule has 22 heavy (non-hydrogen) atoms. The van der Waals surface area contributed by atoms with Crippen LogP contribution in [0, 0.1) is 5.92 Å². The van der Waals surface area contributed by atoms with Crippen molar-refractivity contribution in [2.75, 3.05) is 5.32 Å². The fourth-order valence-electron chi connectivity index (χ4n) is 2.97. The second-order valence-corrected chi connectivity index (χ2v) is 5.81. The number of carbonyl (C=O) groups excluding carboxylic acids is 1. The van der Waals surface area contributed by atoms with E-state index in [1.165, 1.54) is 6.42 Å². The Labute approximate surface area is 125 Å². The van der Waals surface area contributed by atoms with Gasteiger partial charge in [0.25, 0.3) is 0 Å². The van der Waals surface area contributed by atoms with Crippen molar-refractivity contribution in [2.24, 2.45) is 5.92 Å². The van der Waals surface area contributed by atoms with E-state index in [0.717, 1.165) is 31.7 Å². The van der Waals surface area contributed by atoms with Crippen LogP contribution in [0.1, 0.15) is 37.8 Å². The molecule has 118 valence electrons. The smallest absolute Gasteiger partial charge is 0.351 e. The van der Waals surface area contributed by atoms with Crippen LogP contribution in [0.25, 0.3) is 10.9 Å². The summed E-state index contributed by atoms with van der Waals surface area (Å²) in [6.45, 7) is 0. The Morgan fingerprint density at radius 1 is 1.14 bits per heavy atom. The maximum atomic E-state index is 12.7. The second-order valence-electron chi connectivity index (χ2n) is 5.81. The Balaban J connectivity index is 1.78. The lowest BCUT2D eigenvalue weighted by Crippen LogP contribution is -2.24. The third-order valence-corrected chi connectivity index (χ3v) is 4.17. The minimum absolute atomic E-state index is 0.0152. The Morgan fingerprint density at radius 2 is 1.86 bits per heavy atom. The summed E-state index contributed by atoms with van der Waals surface area (Å²) >= 11 is 0. The Bertz CT molecular complexity index is 684. The third-order valence-electron chi connectivity index (χ3n) is 4.17. The molecule has 0 bridgehead atoms. The van der Waals surface area contributed by atoms with Crippen molar-refractivity contribution < 1.29 is 18.0 Å². The van der Waals surface area contributed by atoms with E-state index in [1.54, 1.807) is 18.2 Å². The van der Waals surface area contributed by atoms with Crippen LogP contribution in [0.3, 0.4) is 0 Å². The van der Waals surface area contributed by atoms with Gasteiger partial charge in [0, 0.05) is 22.5 Å². The number of benzene rings is 1. The van der Waals surface area contributed by atoms with Gasteiger partial charge in [-0.15, -0.1) is 0 Å². The van der Waals surface area contributed by atoms with E-state index in [4.69, 9.17) is 0 Å². The first kappa shape index (κ1) is 14.9. The zero-order chi connectivity index (χ0) is 15.7. The molecule has 0 spiro atoms. The molecule has 2 N–H and O–H groups in total. The standard InChI is InChI=1S/C16H17F3N2O/c17-16(18,19)14-9-11-8-12(6-7-13(11)21-14)20-15(22)10-4-2-1-3-5-10/h6-10,21H,1-5H2,(H,20,22). The summed E-state index contributed by atoms with van der Waals surface area (Å²) < 4.78 is 38.0. The molecule has 0 atom stereocenters. The molecule has 1 aromatic heterocycles. The minimum atomic E-state index is -4.40. The Kier molecular flexibility index (Phi) is 3.85. The monoisotopic (exact) mass is 310 g/mol. The number of hydrogen-bond donors (Lipinski definition) is 2. The number of carbonyl (C=O) groups is 1. The predicted molar refractivity (Wildman–Crippen MR) is 78.5 cm³/mol. The lowest BCUT2D eigenvalue weighted by atomic mass is 9.88. The van der Waals surface area contributed by atoms with Crippen LogP contribution in [0.5, 0.6) is 0 Å². The van der Waals surface area contributed by atoms with Crippen LogP contribution >= 0.6 is 0 Å². The van der Waals surface area contributed by atoms with E-state index < -0.39 is 11.9 Å². The number of alkyl halides is 3. The summed E-state index contributed by atoms with van der Waals surface area (Å²) in [5.74, 6) is -0.0213. The molecule has 1 aromatic carbocycles. The number of H-pyrrole nitrogens is 1. The van der Waals surface area contributed by atoms with E-state index >= 15 is 0 Å². The number of amides is 1. The zero-order valence-electron chi connectivity index (χ0n) is 12.0. The van der Waals surface area contributed by atoms with Crippen molar-refractivity contribution in [1.82, 2.24) is 4.98 Å². The zero-order valence-corrected chi connectivity index (χ0v) is 12.0. The van der Waals surface area contributed by atoms with E-state index in [-0.39, 0.29) is 11.8 Å².